The second-order valence-electron chi connectivity index (χ2n) is 4.53. The molecular weight excluding hydrogens is 379 g/mol. The van der Waals surface area contributed by atoms with E-state index in [1.165, 1.54) is 11.1 Å². The van der Waals surface area contributed by atoms with Crippen LogP contribution in [-0.4, -0.2) is 11.4 Å². The van der Waals surface area contributed by atoms with Crippen molar-refractivity contribution < 1.29 is 0 Å². The van der Waals surface area contributed by atoms with E-state index in [4.69, 9.17) is 4.99 Å². The van der Waals surface area contributed by atoms with Crippen LogP contribution in [0.2, 0.25) is 0 Å². The Bertz CT molecular complexity index is 572. The molecule has 2 aromatic carbocycles. The second kappa shape index (κ2) is 7.13. The standard InChI is InChI=1S/C16H16N2S.HI/c1-19-16-17-14(12-8-4-2-5-9-12)15(18-16)13-10-6-3-7-11-13;/h2-11,14-15H,1H3,(H,17,18);1H. The van der Waals surface area contributed by atoms with Gasteiger partial charge in [-0.25, -0.2) is 0 Å². The number of halogens is 1. The lowest BCUT2D eigenvalue weighted by Gasteiger charge is -2.19. The molecule has 2 atom stereocenters. The van der Waals surface area contributed by atoms with E-state index in [1.54, 1.807) is 11.8 Å². The van der Waals surface area contributed by atoms with Gasteiger partial charge in [0.05, 0.1) is 6.04 Å². The van der Waals surface area contributed by atoms with E-state index >= 15 is 0 Å². The van der Waals surface area contributed by atoms with Gasteiger partial charge in [-0.1, -0.05) is 72.4 Å². The van der Waals surface area contributed by atoms with Crippen molar-refractivity contribution in [2.45, 2.75) is 12.1 Å². The first kappa shape index (κ1) is 15.4. The summed E-state index contributed by atoms with van der Waals surface area (Å²) in [6, 6.07) is 21.4. The van der Waals surface area contributed by atoms with Crippen molar-refractivity contribution in [1.29, 1.82) is 0 Å². The van der Waals surface area contributed by atoms with Crippen LogP contribution in [0.4, 0.5) is 0 Å². The minimum atomic E-state index is 0. The molecule has 0 amide bonds. The normalized spacial score (nSPS) is 20.8. The Morgan fingerprint density at radius 3 is 2.00 bits per heavy atom. The van der Waals surface area contributed by atoms with Crippen LogP contribution >= 0.6 is 35.7 Å². The molecule has 0 spiro atoms. The van der Waals surface area contributed by atoms with E-state index in [9.17, 15) is 0 Å². The van der Waals surface area contributed by atoms with Gasteiger partial charge in [0.25, 0.3) is 0 Å². The maximum absolute atomic E-state index is 4.80. The van der Waals surface area contributed by atoms with E-state index in [2.05, 4.69) is 60.1 Å². The zero-order valence-corrected chi connectivity index (χ0v) is 14.3. The minimum Gasteiger partial charge on any atom is -0.356 e. The van der Waals surface area contributed by atoms with Crippen molar-refractivity contribution in [2.75, 3.05) is 6.26 Å². The summed E-state index contributed by atoms with van der Waals surface area (Å²) < 4.78 is 0. The lowest BCUT2D eigenvalue weighted by atomic mass is 9.95. The van der Waals surface area contributed by atoms with Gasteiger partial charge in [-0.15, -0.1) is 24.0 Å². The predicted octanol–water partition coefficient (Wildman–Crippen LogP) is 4.41. The summed E-state index contributed by atoms with van der Waals surface area (Å²) in [5.74, 6) is 0. The van der Waals surface area contributed by atoms with Crippen molar-refractivity contribution in [1.82, 2.24) is 5.32 Å². The number of hydrogen-bond acceptors (Lipinski definition) is 3. The highest BCUT2D eigenvalue weighted by molar-refractivity contribution is 14.0. The molecule has 4 heteroatoms. The fourth-order valence-electron chi connectivity index (χ4n) is 2.40. The smallest absolute Gasteiger partial charge is 0.157 e. The third-order valence-corrected chi connectivity index (χ3v) is 3.95. The summed E-state index contributed by atoms with van der Waals surface area (Å²) in [4.78, 5) is 4.80. The average Bonchev–Trinajstić information content (AvgIpc) is 2.93. The molecule has 0 bridgehead atoms. The molecule has 3 rings (SSSR count). The zero-order valence-electron chi connectivity index (χ0n) is 11.2. The third kappa shape index (κ3) is 3.17. The van der Waals surface area contributed by atoms with Gasteiger partial charge in [-0.05, 0) is 17.4 Å². The molecule has 20 heavy (non-hydrogen) atoms. The van der Waals surface area contributed by atoms with Gasteiger partial charge in [0, 0.05) is 0 Å². The molecule has 1 aliphatic heterocycles. The van der Waals surface area contributed by atoms with Crippen molar-refractivity contribution in [3.63, 3.8) is 0 Å². The number of hydrogen-bond donors (Lipinski definition) is 1. The molecule has 0 aromatic heterocycles. The van der Waals surface area contributed by atoms with Crippen molar-refractivity contribution in [3.05, 3.63) is 71.8 Å². The fourth-order valence-corrected chi connectivity index (χ4v) is 2.87. The molecule has 1 aliphatic rings. The SMILES string of the molecule is CSC1=NC(c2ccccc2)C(c2ccccc2)N1.I. The van der Waals surface area contributed by atoms with Crippen molar-refractivity contribution >= 4 is 40.9 Å². The zero-order chi connectivity index (χ0) is 13.1. The van der Waals surface area contributed by atoms with Gasteiger partial charge in [-0.3, -0.25) is 4.99 Å². The monoisotopic (exact) mass is 396 g/mol. The number of thioether (sulfide) groups is 1. The summed E-state index contributed by atoms with van der Waals surface area (Å²) in [6.07, 6.45) is 2.06. The molecule has 0 saturated carbocycles. The summed E-state index contributed by atoms with van der Waals surface area (Å²) in [6.45, 7) is 0. The maximum Gasteiger partial charge on any atom is 0.157 e. The molecule has 1 N–H and O–H groups in total. The van der Waals surface area contributed by atoms with Crippen LogP contribution in [0.3, 0.4) is 0 Å². The van der Waals surface area contributed by atoms with Gasteiger partial charge in [0.15, 0.2) is 5.17 Å². The minimum absolute atomic E-state index is 0. The molecule has 2 unspecified atom stereocenters. The summed E-state index contributed by atoms with van der Waals surface area (Å²) >= 11 is 1.67. The molecule has 2 nitrogen and oxygen atoms in total. The van der Waals surface area contributed by atoms with E-state index in [1.807, 2.05) is 12.1 Å². The van der Waals surface area contributed by atoms with E-state index in [0.29, 0.717) is 0 Å². The molecule has 0 radical (unpaired) electrons. The molecule has 0 aliphatic carbocycles. The first-order valence-corrected chi connectivity index (χ1v) is 7.59. The average molecular weight is 396 g/mol. The van der Waals surface area contributed by atoms with Gasteiger partial charge < -0.3 is 5.32 Å². The number of nitrogens with zero attached hydrogens (tertiary/aromatic N) is 1. The Labute approximate surface area is 141 Å². The number of benzene rings is 2. The molecular formula is C16H17IN2S. The summed E-state index contributed by atoms with van der Waals surface area (Å²) in [5, 5.41) is 4.53. The number of nitrogens with one attached hydrogen (secondary N) is 1. The quantitative estimate of drug-likeness (QED) is 0.761. The fraction of sp³-hybridized carbons (Fsp3) is 0.188. The number of amidine groups is 1. The maximum atomic E-state index is 4.80. The topological polar surface area (TPSA) is 24.4 Å². The highest BCUT2D eigenvalue weighted by Gasteiger charge is 2.30. The van der Waals surface area contributed by atoms with Gasteiger partial charge in [0.1, 0.15) is 6.04 Å². The van der Waals surface area contributed by atoms with Crippen LogP contribution in [0.15, 0.2) is 65.7 Å². The van der Waals surface area contributed by atoms with Crippen LogP contribution in [0.25, 0.3) is 0 Å². The van der Waals surface area contributed by atoms with Gasteiger partial charge >= 0.3 is 0 Å². The molecule has 0 fully saturated rings. The Morgan fingerprint density at radius 1 is 0.900 bits per heavy atom. The van der Waals surface area contributed by atoms with Gasteiger partial charge in [-0.2, -0.15) is 0 Å². The highest BCUT2D eigenvalue weighted by Crippen LogP contribution is 2.37. The van der Waals surface area contributed by atoms with Crippen molar-refractivity contribution in [2.24, 2.45) is 4.99 Å². The van der Waals surface area contributed by atoms with Crippen LogP contribution in [0.1, 0.15) is 23.2 Å². The molecule has 1 heterocycles. The number of aliphatic imine (C=N–C) groups is 1. The third-order valence-electron chi connectivity index (χ3n) is 3.34. The van der Waals surface area contributed by atoms with E-state index < -0.39 is 0 Å². The Morgan fingerprint density at radius 2 is 1.45 bits per heavy atom. The van der Waals surface area contributed by atoms with E-state index in [-0.39, 0.29) is 36.1 Å². The lowest BCUT2D eigenvalue weighted by Crippen LogP contribution is -2.22. The second-order valence-corrected chi connectivity index (χ2v) is 5.32. The van der Waals surface area contributed by atoms with Crippen LogP contribution in [0, 0.1) is 0 Å². The lowest BCUT2D eigenvalue weighted by molar-refractivity contribution is 0.573. The largest absolute Gasteiger partial charge is 0.356 e. The van der Waals surface area contributed by atoms with Crippen molar-refractivity contribution in [3.8, 4) is 0 Å². The Hall–Kier alpha value is -1.01. The first-order chi connectivity index (χ1) is 9.38. The van der Waals surface area contributed by atoms with Crippen LogP contribution in [-0.2, 0) is 0 Å². The summed E-state index contributed by atoms with van der Waals surface area (Å²) in [7, 11) is 0. The molecule has 0 saturated heterocycles. The van der Waals surface area contributed by atoms with Gasteiger partial charge in [0.2, 0.25) is 0 Å². The first-order valence-electron chi connectivity index (χ1n) is 6.36. The highest BCUT2D eigenvalue weighted by atomic mass is 127. The van der Waals surface area contributed by atoms with Crippen LogP contribution in [0.5, 0.6) is 0 Å². The van der Waals surface area contributed by atoms with Crippen LogP contribution < -0.4 is 5.32 Å². The molecule has 104 valence electrons. The summed E-state index contributed by atoms with van der Waals surface area (Å²) in [5.41, 5.74) is 2.54. The Kier molecular flexibility index (Phi) is 5.48. The molecule has 2 aromatic rings. The number of rotatable bonds is 2. The Balaban J connectivity index is 0.00000147. The van der Waals surface area contributed by atoms with E-state index in [0.717, 1.165) is 5.17 Å². The predicted molar refractivity (Wildman–Crippen MR) is 97.9 cm³/mol.